The van der Waals surface area contributed by atoms with Crippen molar-refractivity contribution in [2.75, 3.05) is 5.32 Å². The minimum atomic E-state index is -1.82. The summed E-state index contributed by atoms with van der Waals surface area (Å²) >= 11 is 26.6. The first kappa shape index (κ1) is 21.3. The summed E-state index contributed by atoms with van der Waals surface area (Å²) in [4.78, 5) is 12.5. The van der Waals surface area contributed by atoms with Crippen molar-refractivity contribution in [3.63, 3.8) is 0 Å². The lowest BCUT2D eigenvalue weighted by Gasteiger charge is -2.28. The fraction of sp³-hybridized carbons (Fsp3) is 0.176. The molecule has 2 rings (SSSR count). The van der Waals surface area contributed by atoms with Gasteiger partial charge in [0.1, 0.15) is 6.17 Å². The van der Waals surface area contributed by atoms with E-state index in [1.165, 1.54) is 0 Å². The van der Waals surface area contributed by atoms with Gasteiger partial charge < -0.3 is 16.0 Å². The molecule has 1 atom stereocenters. The van der Waals surface area contributed by atoms with Gasteiger partial charge in [-0.2, -0.15) is 0 Å². The van der Waals surface area contributed by atoms with E-state index in [0.29, 0.717) is 5.56 Å². The van der Waals surface area contributed by atoms with Crippen molar-refractivity contribution in [3.05, 3.63) is 64.1 Å². The summed E-state index contributed by atoms with van der Waals surface area (Å²) in [6.07, 6.45) is -1.04. The molecule has 9 heteroatoms. The number of hydrogen-bond acceptors (Lipinski definition) is 2. The second-order valence-corrected chi connectivity index (χ2v) is 9.06. The molecule has 0 aliphatic carbocycles. The summed E-state index contributed by atoms with van der Waals surface area (Å²) in [6, 6.07) is 14.5. The largest absolute Gasteiger partial charge is 0.339 e. The van der Waals surface area contributed by atoms with Crippen LogP contribution in [0.15, 0.2) is 53.0 Å². The van der Waals surface area contributed by atoms with Crippen molar-refractivity contribution in [2.45, 2.75) is 16.9 Å². The van der Waals surface area contributed by atoms with Crippen LogP contribution in [0.3, 0.4) is 0 Å². The highest BCUT2D eigenvalue weighted by molar-refractivity contribution is 9.10. The maximum absolute atomic E-state index is 12.5. The number of carbonyl (C=O) groups is 1. The van der Waals surface area contributed by atoms with Crippen LogP contribution < -0.4 is 16.0 Å². The Balaban J connectivity index is 2.09. The number of anilines is 1. The number of nitrogens with one attached hydrogen (secondary N) is 3. The molecular formula is C17H15BrCl3N3OS. The molecule has 138 valence electrons. The van der Waals surface area contributed by atoms with E-state index in [4.69, 9.17) is 47.0 Å². The Bertz CT molecular complexity index is 814. The van der Waals surface area contributed by atoms with Crippen LogP contribution in [0.1, 0.15) is 15.9 Å². The quantitative estimate of drug-likeness (QED) is 0.311. The monoisotopic (exact) mass is 493 g/mol. The van der Waals surface area contributed by atoms with E-state index in [9.17, 15) is 4.79 Å². The third-order valence-electron chi connectivity index (χ3n) is 3.35. The smallest absolute Gasteiger partial charge is 0.253 e. The molecule has 0 saturated heterocycles. The fourth-order valence-electron chi connectivity index (χ4n) is 2.10. The molecule has 3 N–H and O–H groups in total. The molecule has 0 radical (unpaired) electrons. The third kappa shape index (κ3) is 6.28. The van der Waals surface area contributed by atoms with Crippen LogP contribution in [0.5, 0.6) is 0 Å². The molecule has 26 heavy (non-hydrogen) atoms. The van der Waals surface area contributed by atoms with Gasteiger partial charge in [0.25, 0.3) is 5.91 Å². The minimum Gasteiger partial charge on any atom is -0.339 e. The van der Waals surface area contributed by atoms with E-state index in [0.717, 1.165) is 15.7 Å². The van der Waals surface area contributed by atoms with Gasteiger partial charge in [-0.1, -0.05) is 75.0 Å². The number of carbonyl (C=O) groups excluding carboxylic acids is 1. The fourth-order valence-corrected chi connectivity index (χ4v) is 3.06. The molecule has 0 fully saturated rings. The molecular weight excluding hydrogens is 481 g/mol. The lowest BCUT2D eigenvalue weighted by molar-refractivity contribution is 0.0934. The molecule has 0 aliphatic heterocycles. The van der Waals surface area contributed by atoms with Gasteiger partial charge >= 0.3 is 0 Å². The van der Waals surface area contributed by atoms with Crippen LogP contribution in [0.4, 0.5) is 5.69 Å². The number of benzene rings is 2. The topological polar surface area (TPSA) is 53.2 Å². The molecule has 0 bridgehead atoms. The molecule has 0 unspecified atom stereocenters. The maximum Gasteiger partial charge on any atom is 0.253 e. The number of aryl methyl sites for hydroxylation is 1. The zero-order valence-corrected chi connectivity index (χ0v) is 18.2. The van der Waals surface area contributed by atoms with Gasteiger partial charge in [-0.15, -0.1) is 0 Å². The normalized spacial score (nSPS) is 12.2. The number of alkyl halides is 3. The van der Waals surface area contributed by atoms with Crippen molar-refractivity contribution in [1.29, 1.82) is 0 Å². The SMILES string of the molecule is Cc1ccccc1C(=O)N[C@@H](NC(=S)Nc1cccc(Br)c1)C(Cl)(Cl)Cl. The first-order valence-corrected chi connectivity index (χ1v) is 9.76. The van der Waals surface area contributed by atoms with E-state index >= 15 is 0 Å². The summed E-state index contributed by atoms with van der Waals surface area (Å²) in [5, 5.41) is 8.65. The van der Waals surface area contributed by atoms with E-state index < -0.39 is 9.96 Å². The highest BCUT2D eigenvalue weighted by atomic mass is 79.9. The number of hydrogen-bond donors (Lipinski definition) is 3. The van der Waals surface area contributed by atoms with Gasteiger partial charge in [-0.05, 0) is 49.0 Å². The molecule has 4 nitrogen and oxygen atoms in total. The summed E-state index contributed by atoms with van der Waals surface area (Å²) < 4.78 is -0.933. The Labute approximate surface area is 180 Å². The van der Waals surface area contributed by atoms with Crippen LogP contribution in [0, 0.1) is 6.92 Å². The molecule has 2 aromatic carbocycles. The van der Waals surface area contributed by atoms with E-state index in [1.54, 1.807) is 12.1 Å². The van der Waals surface area contributed by atoms with Gasteiger partial charge in [-0.3, -0.25) is 4.79 Å². The van der Waals surface area contributed by atoms with Crippen LogP contribution in [-0.2, 0) is 0 Å². The molecule has 0 saturated carbocycles. The standard InChI is InChI=1S/C17H15BrCl3N3OS/c1-10-5-2-3-8-13(10)14(25)23-15(17(19,20)21)24-16(26)22-12-7-4-6-11(18)9-12/h2-9,15H,1H3,(H,23,25)(H2,22,24,26)/t15-/m0/s1. The number of amides is 1. The zero-order chi connectivity index (χ0) is 19.3. The molecule has 0 aliphatic rings. The Morgan fingerprint density at radius 1 is 1.12 bits per heavy atom. The number of thiocarbonyl (C=S) groups is 1. The summed E-state index contributed by atoms with van der Waals surface area (Å²) in [7, 11) is 0. The average Bonchev–Trinajstić information content (AvgIpc) is 2.53. The van der Waals surface area contributed by atoms with Crippen LogP contribution in [0.25, 0.3) is 0 Å². The van der Waals surface area contributed by atoms with Crippen LogP contribution >= 0.6 is 63.0 Å². The predicted molar refractivity (Wildman–Crippen MR) is 116 cm³/mol. The van der Waals surface area contributed by atoms with E-state index in [-0.39, 0.29) is 11.0 Å². The molecule has 0 heterocycles. The van der Waals surface area contributed by atoms with Gasteiger partial charge in [0.05, 0.1) is 0 Å². The highest BCUT2D eigenvalue weighted by Gasteiger charge is 2.35. The molecule has 1 amide bonds. The van der Waals surface area contributed by atoms with Crippen molar-refractivity contribution in [2.24, 2.45) is 0 Å². The Kier molecular flexibility index (Phi) is 7.55. The van der Waals surface area contributed by atoms with E-state index in [2.05, 4.69) is 31.9 Å². The molecule has 0 aromatic heterocycles. The van der Waals surface area contributed by atoms with Gasteiger partial charge in [0, 0.05) is 15.7 Å². The van der Waals surface area contributed by atoms with E-state index in [1.807, 2.05) is 43.3 Å². The Morgan fingerprint density at radius 3 is 2.42 bits per heavy atom. The van der Waals surface area contributed by atoms with Crippen molar-refractivity contribution in [3.8, 4) is 0 Å². The van der Waals surface area contributed by atoms with Gasteiger partial charge in [0.2, 0.25) is 3.79 Å². The number of halogens is 4. The second kappa shape index (κ2) is 9.24. The lowest BCUT2D eigenvalue weighted by atomic mass is 10.1. The number of rotatable bonds is 4. The first-order valence-electron chi connectivity index (χ1n) is 7.43. The third-order valence-corrected chi connectivity index (χ3v) is 4.72. The van der Waals surface area contributed by atoms with Gasteiger partial charge in [-0.25, -0.2) is 0 Å². The average molecular weight is 496 g/mol. The highest BCUT2D eigenvalue weighted by Crippen LogP contribution is 2.29. The molecule has 2 aromatic rings. The van der Waals surface area contributed by atoms with Gasteiger partial charge in [0.15, 0.2) is 5.11 Å². The molecule has 0 spiro atoms. The summed E-state index contributed by atoms with van der Waals surface area (Å²) in [6.45, 7) is 1.83. The van der Waals surface area contributed by atoms with Crippen molar-refractivity contribution < 1.29 is 4.79 Å². The predicted octanol–water partition coefficient (Wildman–Crippen LogP) is 5.17. The summed E-state index contributed by atoms with van der Waals surface area (Å²) in [5.41, 5.74) is 2.03. The summed E-state index contributed by atoms with van der Waals surface area (Å²) in [5.74, 6) is -0.378. The van der Waals surface area contributed by atoms with Crippen molar-refractivity contribution in [1.82, 2.24) is 10.6 Å². The first-order chi connectivity index (χ1) is 12.2. The Morgan fingerprint density at radius 2 is 1.81 bits per heavy atom. The second-order valence-electron chi connectivity index (χ2n) is 5.37. The lowest BCUT2D eigenvalue weighted by Crippen LogP contribution is -2.56. The van der Waals surface area contributed by atoms with Crippen LogP contribution in [-0.4, -0.2) is 21.0 Å². The van der Waals surface area contributed by atoms with Crippen molar-refractivity contribution >= 4 is 79.7 Å². The van der Waals surface area contributed by atoms with Crippen LogP contribution in [0.2, 0.25) is 0 Å². The zero-order valence-electron chi connectivity index (χ0n) is 13.5. The maximum atomic E-state index is 12.5. The minimum absolute atomic E-state index is 0.199. The Hall–Kier alpha value is -1.05.